The van der Waals surface area contributed by atoms with E-state index in [9.17, 15) is 0 Å². The molecule has 16 heavy (non-hydrogen) atoms. The zero-order valence-electron chi connectivity index (χ0n) is 9.36. The van der Waals surface area contributed by atoms with E-state index in [4.69, 9.17) is 9.47 Å². The molecule has 0 amide bonds. The molecule has 1 aliphatic rings. The summed E-state index contributed by atoms with van der Waals surface area (Å²) in [6, 6.07) is 1.89. The molecule has 0 radical (unpaired) electrons. The zero-order chi connectivity index (χ0) is 11.4. The fourth-order valence-electron chi connectivity index (χ4n) is 2.06. The van der Waals surface area contributed by atoms with Gasteiger partial charge < -0.3 is 9.47 Å². The number of hydrogen-bond donors (Lipinski definition) is 0. The lowest BCUT2D eigenvalue weighted by molar-refractivity contribution is 0.0207. The van der Waals surface area contributed by atoms with E-state index in [0.29, 0.717) is 6.10 Å². The maximum Gasteiger partial charge on any atom is 0.136 e. The van der Waals surface area contributed by atoms with E-state index in [1.165, 1.54) is 6.42 Å². The fraction of sp³-hybridized carbons (Fsp3) is 0.583. The predicted molar refractivity (Wildman–Crippen MR) is 65.6 cm³/mol. The van der Waals surface area contributed by atoms with Crippen molar-refractivity contribution in [1.82, 2.24) is 4.98 Å². The Kier molecular flexibility index (Phi) is 4.18. The van der Waals surface area contributed by atoms with Crippen molar-refractivity contribution in [2.24, 2.45) is 0 Å². The van der Waals surface area contributed by atoms with Gasteiger partial charge in [0.1, 0.15) is 11.9 Å². The van der Waals surface area contributed by atoms with Crippen LogP contribution in [0, 0.1) is 0 Å². The Morgan fingerprint density at radius 2 is 2.19 bits per heavy atom. The third-order valence-electron chi connectivity index (χ3n) is 2.94. The Morgan fingerprint density at radius 3 is 2.94 bits per heavy atom. The van der Waals surface area contributed by atoms with Crippen molar-refractivity contribution < 1.29 is 9.47 Å². The number of halogens is 1. The molecule has 2 unspecified atom stereocenters. The lowest BCUT2D eigenvalue weighted by atomic mass is 9.95. The summed E-state index contributed by atoms with van der Waals surface area (Å²) < 4.78 is 12.2. The van der Waals surface area contributed by atoms with Gasteiger partial charge in [0, 0.05) is 25.9 Å². The van der Waals surface area contributed by atoms with Gasteiger partial charge in [-0.15, -0.1) is 0 Å². The van der Waals surface area contributed by atoms with Crippen molar-refractivity contribution in [2.45, 2.75) is 37.9 Å². The van der Waals surface area contributed by atoms with E-state index in [0.717, 1.165) is 29.5 Å². The van der Waals surface area contributed by atoms with E-state index < -0.39 is 0 Å². The van der Waals surface area contributed by atoms with Crippen LogP contribution < -0.4 is 4.74 Å². The highest BCUT2D eigenvalue weighted by atomic mass is 79.9. The standard InChI is InChI=1S/C12H16BrNO2/c1-15-9-3-2-4-10(7-9)16-12-5-6-14-8-11(12)13/h5-6,8-10H,2-4,7H2,1H3. The van der Waals surface area contributed by atoms with Crippen LogP contribution >= 0.6 is 15.9 Å². The fourth-order valence-corrected chi connectivity index (χ4v) is 2.40. The molecule has 0 N–H and O–H groups in total. The molecule has 1 aromatic rings. The molecular formula is C12H16BrNO2. The summed E-state index contributed by atoms with van der Waals surface area (Å²) in [5, 5.41) is 0. The Bertz CT molecular complexity index is 346. The number of pyridine rings is 1. The van der Waals surface area contributed by atoms with Crippen LogP contribution in [0.1, 0.15) is 25.7 Å². The van der Waals surface area contributed by atoms with Crippen LogP contribution in [0.5, 0.6) is 5.75 Å². The molecule has 2 rings (SSSR count). The third kappa shape index (κ3) is 2.95. The van der Waals surface area contributed by atoms with Crippen LogP contribution in [-0.2, 0) is 4.74 Å². The van der Waals surface area contributed by atoms with E-state index in [1.807, 2.05) is 6.07 Å². The number of hydrogen-bond acceptors (Lipinski definition) is 3. The van der Waals surface area contributed by atoms with Gasteiger partial charge in [0.15, 0.2) is 0 Å². The molecule has 1 heterocycles. The summed E-state index contributed by atoms with van der Waals surface area (Å²) >= 11 is 3.44. The zero-order valence-corrected chi connectivity index (χ0v) is 10.9. The van der Waals surface area contributed by atoms with Crippen molar-refractivity contribution in [3.63, 3.8) is 0 Å². The molecule has 88 valence electrons. The number of rotatable bonds is 3. The van der Waals surface area contributed by atoms with Gasteiger partial charge in [-0.25, -0.2) is 0 Å². The largest absolute Gasteiger partial charge is 0.489 e. The molecule has 0 aliphatic heterocycles. The molecular weight excluding hydrogens is 270 g/mol. The minimum Gasteiger partial charge on any atom is -0.489 e. The van der Waals surface area contributed by atoms with E-state index in [2.05, 4.69) is 20.9 Å². The van der Waals surface area contributed by atoms with Crippen molar-refractivity contribution in [2.75, 3.05) is 7.11 Å². The van der Waals surface area contributed by atoms with Crippen LogP contribution in [0.2, 0.25) is 0 Å². The highest BCUT2D eigenvalue weighted by Gasteiger charge is 2.23. The first-order chi connectivity index (χ1) is 7.79. The Hall–Kier alpha value is -0.610. The summed E-state index contributed by atoms with van der Waals surface area (Å²) in [4.78, 5) is 4.02. The Morgan fingerprint density at radius 1 is 1.38 bits per heavy atom. The summed E-state index contributed by atoms with van der Waals surface area (Å²) in [6.45, 7) is 0. The minimum absolute atomic E-state index is 0.261. The Balaban J connectivity index is 1.97. The summed E-state index contributed by atoms with van der Waals surface area (Å²) in [6.07, 6.45) is 8.51. The average Bonchev–Trinajstić information content (AvgIpc) is 2.32. The van der Waals surface area contributed by atoms with Crippen LogP contribution in [-0.4, -0.2) is 24.3 Å². The van der Waals surface area contributed by atoms with Crippen molar-refractivity contribution in [1.29, 1.82) is 0 Å². The molecule has 4 heteroatoms. The first kappa shape index (κ1) is 11.9. The lowest BCUT2D eigenvalue weighted by Crippen LogP contribution is -2.29. The quantitative estimate of drug-likeness (QED) is 0.855. The molecule has 1 aliphatic carbocycles. The van der Waals surface area contributed by atoms with Gasteiger partial charge in [0.05, 0.1) is 10.6 Å². The second-order valence-electron chi connectivity index (χ2n) is 4.07. The van der Waals surface area contributed by atoms with E-state index >= 15 is 0 Å². The second-order valence-corrected chi connectivity index (χ2v) is 4.92. The van der Waals surface area contributed by atoms with Gasteiger partial charge in [0.25, 0.3) is 0 Å². The monoisotopic (exact) mass is 285 g/mol. The maximum atomic E-state index is 5.95. The van der Waals surface area contributed by atoms with Crippen LogP contribution in [0.25, 0.3) is 0 Å². The molecule has 0 bridgehead atoms. The van der Waals surface area contributed by atoms with Gasteiger partial charge >= 0.3 is 0 Å². The summed E-state index contributed by atoms with van der Waals surface area (Å²) in [7, 11) is 1.77. The molecule has 0 spiro atoms. The topological polar surface area (TPSA) is 31.4 Å². The number of ether oxygens (including phenoxy) is 2. The van der Waals surface area contributed by atoms with Gasteiger partial charge in [0.2, 0.25) is 0 Å². The number of methoxy groups -OCH3 is 1. The Labute approximate surface area is 104 Å². The molecule has 0 aromatic carbocycles. The SMILES string of the molecule is COC1CCCC(Oc2ccncc2Br)C1. The predicted octanol–water partition coefficient (Wildman–Crippen LogP) is 3.18. The first-order valence-corrected chi connectivity index (χ1v) is 6.38. The molecule has 2 atom stereocenters. The van der Waals surface area contributed by atoms with E-state index in [-0.39, 0.29) is 6.10 Å². The van der Waals surface area contributed by atoms with Gasteiger partial charge in [-0.1, -0.05) is 0 Å². The highest BCUT2D eigenvalue weighted by Crippen LogP contribution is 2.29. The number of aromatic nitrogens is 1. The van der Waals surface area contributed by atoms with Crippen molar-refractivity contribution >= 4 is 15.9 Å². The second kappa shape index (κ2) is 5.64. The van der Waals surface area contributed by atoms with Gasteiger partial charge in [-0.3, -0.25) is 4.98 Å². The smallest absolute Gasteiger partial charge is 0.136 e. The molecule has 0 saturated heterocycles. The molecule has 3 nitrogen and oxygen atoms in total. The van der Waals surface area contributed by atoms with Gasteiger partial charge in [-0.2, -0.15) is 0 Å². The highest BCUT2D eigenvalue weighted by molar-refractivity contribution is 9.10. The van der Waals surface area contributed by atoms with Gasteiger partial charge in [-0.05, 0) is 41.3 Å². The average molecular weight is 286 g/mol. The molecule has 1 aromatic heterocycles. The normalized spacial score (nSPS) is 25.4. The number of nitrogens with zero attached hydrogens (tertiary/aromatic N) is 1. The maximum absolute atomic E-state index is 5.95. The minimum atomic E-state index is 0.261. The van der Waals surface area contributed by atoms with Crippen LogP contribution in [0.4, 0.5) is 0 Å². The summed E-state index contributed by atoms with van der Waals surface area (Å²) in [5.41, 5.74) is 0. The first-order valence-electron chi connectivity index (χ1n) is 5.58. The van der Waals surface area contributed by atoms with Crippen LogP contribution in [0.15, 0.2) is 22.9 Å². The molecule has 1 fully saturated rings. The summed E-state index contributed by atoms with van der Waals surface area (Å²) in [5.74, 6) is 0.872. The van der Waals surface area contributed by atoms with Crippen molar-refractivity contribution in [3.05, 3.63) is 22.9 Å². The van der Waals surface area contributed by atoms with Crippen LogP contribution in [0.3, 0.4) is 0 Å². The van der Waals surface area contributed by atoms with E-state index in [1.54, 1.807) is 19.5 Å². The third-order valence-corrected chi connectivity index (χ3v) is 3.54. The lowest BCUT2D eigenvalue weighted by Gasteiger charge is -2.28. The van der Waals surface area contributed by atoms with Crippen molar-refractivity contribution in [3.8, 4) is 5.75 Å². The molecule has 1 saturated carbocycles.